The molecular weight excluding hydrogens is 366 g/mol. The van der Waals surface area contributed by atoms with Crippen molar-refractivity contribution >= 4 is 15.7 Å². The Morgan fingerprint density at radius 3 is 2.38 bits per heavy atom. The van der Waals surface area contributed by atoms with Gasteiger partial charge in [0, 0.05) is 19.7 Å². The van der Waals surface area contributed by atoms with Gasteiger partial charge in [-0.25, -0.2) is 8.42 Å². The van der Waals surface area contributed by atoms with E-state index in [2.05, 4.69) is 0 Å². The van der Waals surface area contributed by atoms with Crippen LogP contribution in [-0.2, 0) is 25.8 Å². The Bertz CT molecular complexity index is 687. The second-order valence-electron chi connectivity index (χ2n) is 6.22. The summed E-state index contributed by atoms with van der Waals surface area (Å²) >= 11 is 0. The van der Waals surface area contributed by atoms with Crippen LogP contribution in [0.1, 0.15) is 24.8 Å². The van der Waals surface area contributed by atoms with Crippen molar-refractivity contribution in [1.29, 1.82) is 0 Å². The SMILES string of the molecule is NCCCOC1CCN(C(=O)Cc2ccc(S(=O)(=O)C(F)F)cc2)CC1. The molecule has 1 aliphatic heterocycles. The third-order valence-corrected chi connectivity index (χ3v) is 5.74. The number of nitrogens with two attached hydrogens (primary N) is 1. The number of ether oxygens (including phenoxy) is 1. The highest BCUT2D eigenvalue weighted by atomic mass is 32.2. The van der Waals surface area contributed by atoms with Crippen LogP contribution in [0.15, 0.2) is 29.2 Å². The molecule has 1 amide bonds. The molecule has 0 saturated carbocycles. The van der Waals surface area contributed by atoms with Gasteiger partial charge in [0.1, 0.15) is 0 Å². The number of alkyl halides is 2. The van der Waals surface area contributed by atoms with Gasteiger partial charge in [0.05, 0.1) is 17.4 Å². The van der Waals surface area contributed by atoms with Gasteiger partial charge in [-0.3, -0.25) is 4.79 Å². The number of hydrogen-bond acceptors (Lipinski definition) is 5. The molecule has 2 N–H and O–H groups in total. The average molecular weight is 390 g/mol. The smallest absolute Gasteiger partial charge is 0.341 e. The van der Waals surface area contributed by atoms with E-state index >= 15 is 0 Å². The van der Waals surface area contributed by atoms with Crippen LogP contribution in [0, 0.1) is 0 Å². The van der Waals surface area contributed by atoms with Crippen molar-refractivity contribution in [2.45, 2.75) is 42.4 Å². The Morgan fingerprint density at radius 1 is 1.23 bits per heavy atom. The zero-order valence-corrected chi connectivity index (χ0v) is 15.3. The molecule has 1 saturated heterocycles. The Kier molecular flexibility index (Phi) is 7.48. The Morgan fingerprint density at radius 2 is 1.85 bits per heavy atom. The van der Waals surface area contributed by atoms with Gasteiger partial charge in [0.15, 0.2) is 0 Å². The number of carbonyl (C=O) groups excluding carboxylic acids is 1. The van der Waals surface area contributed by atoms with E-state index in [0.717, 1.165) is 31.4 Å². The van der Waals surface area contributed by atoms with Gasteiger partial charge in [-0.1, -0.05) is 12.1 Å². The number of hydrogen-bond donors (Lipinski definition) is 1. The third-order valence-electron chi connectivity index (χ3n) is 4.34. The van der Waals surface area contributed by atoms with Gasteiger partial charge in [-0.15, -0.1) is 0 Å². The molecule has 1 aromatic carbocycles. The summed E-state index contributed by atoms with van der Waals surface area (Å²) in [5.41, 5.74) is 6.01. The van der Waals surface area contributed by atoms with Gasteiger partial charge in [-0.05, 0) is 43.5 Å². The quantitative estimate of drug-likeness (QED) is 0.681. The molecule has 0 atom stereocenters. The van der Waals surface area contributed by atoms with Crippen LogP contribution in [0.3, 0.4) is 0 Å². The first-order valence-corrected chi connectivity index (χ1v) is 10.1. The minimum Gasteiger partial charge on any atom is -0.378 e. The van der Waals surface area contributed by atoms with Crippen LogP contribution >= 0.6 is 0 Å². The highest BCUT2D eigenvalue weighted by Crippen LogP contribution is 2.20. The zero-order chi connectivity index (χ0) is 19.2. The number of benzene rings is 1. The molecule has 0 spiro atoms. The van der Waals surface area contributed by atoms with Crippen molar-refractivity contribution in [2.24, 2.45) is 5.73 Å². The summed E-state index contributed by atoms with van der Waals surface area (Å²) in [7, 11) is -4.61. The Labute approximate surface area is 152 Å². The van der Waals surface area contributed by atoms with Crippen LogP contribution in [0.5, 0.6) is 0 Å². The van der Waals surface area contributed by atoms with E-state index in [1.54, 1.807) is 4.90 Å². The van der Waals surface area contributed by atoms with Crippen LogP contribution < -0.4 is 5.73 Å². The molecule has 9 heteroatoms. The number of likely N-dealkylation sites (tertiary alicyclic amines) is 1. The minimum atomic E-state index is -4.61. The maximum Gasteiger partial charge on any atom is 0.341 e. The van der Waals surface area contributed by atoms with Gasteiger partial charge in [0.2, 0.25) is 15.7 Å². The van der Waals surface area contributed by atoms with E-state index in [0.29, 0.717) is 31.8 Å². The normalized spacial score (nSPS) is 16.2. The lowest BCUT2D eigenvalue weighted by molar-refractivity contribution is -0.133. The largest absolute Gasteiger partial charge is 0.378 e. The van der Waals surface area contributed by atoms with Crippen molar-refractivity contribution in [2.75, 3.05) is 26.2 Å². The summed E-state index contributed by atoms with van der Waals surface area (Å²) in [6, 6.07) is 5.02. The van der Waals surface area contributed by atoms with E-state index in [1.165, 1.54) is 12.1 Å². The van der Waals surface area contributed by atoms with E-state index in [9.17, 15) is 22.0 Å². The molecule has 2 rings (SSSR count). The molecule has 146 valence electrons. The lowest BCUT2D eigenvalue weighted by Gasteiger charge is -2.32. The number of piperidine rings is 1. The molecule has 0 bridgehead atoms. The monoisotopic (exact) mass is 390 g/mol. The molecular formula is C17H24F2N2O4S. The van der Waals surface area contributed by atoms with Crippen LogP contribution in [-0.4, -0.2) is 57.3 Å². The van der Waals surface area contributed by atoms with Crippen molar-refractivity contribution in [3.8, 4) is 0 Å². The number of nitrogens with zero attached hydrogens (tertiary/aromatic N) is 1. The number of amides is 1. The summed E-state index contributed by atoms with van der Waals surface area (Å²) in [6.45, 7) is 2.42. The molecule has 1 fully saturated rings. The summed E-state index contributed by atoms with van der Waals surface area (Å²) < 4.78 is 53.5. The molecule has 0 aromatic heterocycles. The summed E-state index contributed by atoms with van der Waals surface area (Å²) in [5, 5.41) is 0. The fourth-order valence-corrected chi connectivity index (χ4v) is 3.51. The summed E-state index contributed by atoms with van der Waals surface area (Å²) in [4.78, 5) is 13.7. The highest BCUT2D eigenvalue weighted by molar-refractivity contribution is 7.91. The molecule has 1 aliphatic rings. The Hall–Kier alpha value is -1.58. The zero-order valence-electron chi connectivity index (χ0n) is 14.4. The molecule has 0 radical (unpaired) electrons. The topological polar surface area (TPSA) is 89.7 Å². The molecule has 1 heterocycles. The molecule has 26 heavy (non-hydrogen) atoms. The maximum absolute atomic E-state index is 12.5. The molecule has 0 unspecified atom stereocenters. The first-order valence-electron chi connectivity index (χ1n) is 8.55. The van der Waals surface area contributed by atoms with Crippen molar-refractivity contribution < 1.29 is 26.7 Å². The number of carbonyl (C=O) groups is 1. The van der Waals surface area contributed by atoms with E-state index in [1.807, 2.05) is 0 Å². The summed E-state index contributed by atoms with van der Waals surface area (Å²) in [6.07, 6.45) is 2.60. The van der Waals surface area contributed by atoms with Gasteiger partial charge in [0.25, 0.3) is 0 Å². The second-order valence-corrected chi connectivity index (χ2v) is 8.14. The van der Waals surface area contributed by atoms with E-state index in [4.69, 9.17) is 10.5 Å². The van der Waals surface area contributed by atoms with Crippen LogP contribution in [0.4, 0.5) is 8.78 Å². The predicted octanol–water partition coefficient (Wildman–Crippen LogP) is 1.58. The first-order chi connectivity index (χ1) is 12.3. The lowest BCUT2D eigenvalue weighted by atomic mass is 10.1. The summed E-state index contributed by atoms with van der Waals surface area (Å²) in [5.74, 6) is -3.53. The van der Waals surface area contributed by atoms with Crippen LogP contribution in [0.2, 0.25) is 0 Å². The highest BCUT2D eigenvalue weighted by Gasteiger charge is 2.27. The van der Waals surface area contributed by atoms with E-state index in [-0.39, 0.29) is 18.4 Å². The number of rotatable bonds is 8. The fourth-order valence-electron chi connectivity index (χ4n) is 2.79. The predicted molar refractivity (Wildman–Crippen MR) is 92.6 cm³/mol. The maximum atomic E-state index is 12.5. The van der Waals surface area contributed by atoms with Crippen LogP contribution in [0.25, 0.3) is 0 Å². The fraction of sp³-hybridized carbons (Fsp3) is 0.588. The van der Waals surface area contributed by atoms with Crippen molar-refractivity contribution in [1.82, 2.24) is 4.90 Å². The standard InChI is InChI=1S/C17H24F2N2O4S/c18-17(19)26(23,24)15-4-2-13(3-5-15)12-16(22)21-9-6-14(7-10-21)25-11-1-8-20/h2-5,14,17H,1,6-12,20H2. The number of sulfone groups is 1. The average Bonchev–Trinajstić information content (AvgIpc) is 2.63. The van der Waals surface area contributed by atoms with Gasteiger partial charge >= 0.3 is 5.76 Å². The molecule has 6 nitrogen and oxygen atoms in total. The van der Waals surface area contributed by atoms with E-state index < -0.39 is 20.5 Å². The lowest BCUT2D eigenvalue weighted by Crippen LogP contribution is -2.41. The first kappa shape index (κ1) is 20.7. The van der Waals surface area contributed by atoms with Gasteiger partial charge in [-0.2, -0.15) is 8.78 Å². The Balaban J connectivity index is 1.85. The van der Waals surface area contributed by atoms with Gasteiger partial charge < -0.3 is 15.4 Å². The third kappa shape index (κ3) is 5.46. The van der Waals surface area contributed by atoms with Crippen molar-refractivity contribution in [3.63, 3.8) is 0 Å². The van der Waals surface area contributed by atoms with Crippen molar-refractivity contribution in [3.05, 3.63) is 29.8 Å². The minimum absolute atomic E-state index is 0.0742. The number of halogens is 2. The second kappa shape index (κ2) is 9.38. The molecule has 1 aromatic rings. The molecule has 0 aliphatic carbocycles.